The van der Waals surface area contributed by atoms with E-state index in [0.29, 0.717) is 25.5 Å². The number of nitrogens with zero attached hydrogens (tertiary/aromatic N) is 2. The van der Waals surface area contributed by atoms with E-state index >= 15 is 0 Å². The molecule has 3 aromatic rings. The number of nitrogens with one attached hydrogen (secondary N) is 1. The SMILES string of the molecule is C#CCOCC(O)CN(Cc1nc2sc3c(c2c(=O)[nH]1)CCCC3)Cc1ccco1. The minimum absolute atomic E-state index is 0.0785. The first-order chi connectivity index (χ1) is 14.6. The maximum absolute atomic E-state index is 12.8. The van der Waals surface area contributed by atoms with E-state index < -0.39 is 6.10 Å². The third-order valence-electron chi connectivity index (χ3n) is 5.17. The number of aromatic amines is 1. The summed E-state index contributed by atoms with van der Waals surface area (Å²) in [5.74, 6) is 3.73. The summed E-state index contributed by atoms with van der Waals surface area (Å²) in [7, 11) is 0. The van der Waals surface area contributed by atoms with Gasteiger partial charge in [0, 0.05) is 11.4 Å². The number of H-pyrrole nitrogens is 1. The third kappa shape index (κ3) is 4.82. The van der Waals surface area contributed by atoms with Crippen LogP contribution in [0.25, 0.3) is 10.2 Å². The molecule has 0 aromatic carbocycles. The van der Waals surface area contributed by atoms with E-state index in [1.165, 1.54) is 16.9 Å². The van der Waals surface area contributed by atoms with Crippen LogP contribution in [-0.4, -0.2) is 45.8 Å². The lowest BCUT2D eigenvalue weighted by molar-refractivity contribution is 0.0225. The number of aliphatic hydroxyl groups is 1. The smallest absolute Gasteiger partial charge is 0.259 e. The topological polar surface area (TPSA) is 91.6 Å². The van der Waals surface area contributed by atoms with Gasteiger partial charge in [0.05, 0.1) is 37.4 Å². The first-order valence-corrected chi connectivity index (χ1v) is 10.9. The zero-order valence-corrected chi connectivity index (χ0v) is 17.5. The Kier molecular flexibility index (Phi) is 6.65. The van der Waals surface area contributed by atoms with Gasteiger partial charge in [-0.05, 0) is 43.4 Å². The maximum Gasteiger partial charge on any atom is 0.259 e. The van der Waals surface area contributed by atoms with E-state index in [1.54, 1.807) is 17.6 Å². The molecule has 158 valence electrons. The quantitative estimate of drug-likeness (QED) is 0.403. The molecule has 4 rings (SSSR count). The predicted molar refractivity (Wildman–Crippen MR) is 115 cm³/mol. The van der Waals surface area contributed by atoms with Crippen molar-refractivity contribution in [2.45, 2.75) is 44.9 Å². The van der Waals surface area contributed by atoms with Crippen molar-refractivity contribution in [3.63, 3.8) is 0 Å². The van der Waals surface area contributed by atoms with Gasteiger partial charge >= 0.3 is 0 Å². The van der Waals surface area contributed by atoms with Gasteiger partial charge in [0.25, 0.3) is 5.56 Å². The number of aryl methyl sites for hydroxylation is 2. The number of terminal acetylenes is 1. The van der Waals surface area contributed by atoms with Gasteiger partial charge in [-0.15, -0.1) is 17.8 Å². The lowest BCUT2D eigenvalue weighted by Gasteiger charge is -2.23. The van der Waals surface area contributed by atoms with Gasteiger partial charge in [0.15, 0.2) is 0 Å². The van der Waals surface area contributed by atoms with Gasteiger partial charge in [-0.1, -0.05) is 5.92 Å². The predicted octanol–water partition coefficient (Wildman–Crippen LogP) is 2.47. The van der Waals surface area contributed by atoms with Crippen LogP contribution >= 0.6 is 11.3 Å². The summed E-state index contributed by atoms with van der Waals surface area (Å²) in [6.45, 7) is 1.47. The molecule has 0 saturated carbocycles. The minimum Gasteiger partial charge on any atom is -0.468 e. The number of rotatable bonds is 9. The average Bonchev–Trinajstić information content (AvgIpc) is 3.35. The summed E-state index contributed by atoms with van der Waals surface area (Å²) in [4.78, 5) is 24.6. The van der Waals surface area contributed by atoms with Crippen LogP contribution in [0.5, 0.6) is 0 Å². The second-order valence-electron chi connectivity index (χ2n) is 7.53. The van der Waals surface area contributed by atoms with Crippen molar-refractivity contribution in [2.24, 2.45) is 0 Å². The Morgan fingerprint density at radius 1 is 1.40 bits per heavy atom. The van der Waals surface area contributed by atoms with Gasteiger partial charge in [-0.2, -0.15) is 0 Å². The summed E-state index contributed by atoms with van der Waals surface area (Å²) >= 11 is 1.63. The molecule has 3 aromatic heterocycles. The fraction of sp³-hybridized carbons (Fsp3) is 0.455. The summed E-state index contributed by atoms with van der Waals surface area (Å²) in [5, 5.41) is 11.1. The fourth-order valence-corrected chi connectivity index (χ4v) is 5.19. The highest BCUT2D eigenvalue weighted by molar-refractivity contribution is 7.18. The zero-order chi connectivity index (χ0) is 20.9. The molecule has 0 saturated heterocycles. The second-order valence-corrected chi connectivity index (χ2v) is 8.61. The van der Waals surface area contributed by atoms with Crippen LogP contribution in [0, 0.1) is 12.3 Å². The van der Waals surface area contributed by atoms with Crippen LogP contribution in [0.4, 0.5) is 0 Å². The molecule has 0 aliphatic heterocycles. The molecule has 2 N–H and O–H groups in total. The largest absolute Gasteiger partial charge is 0.468 e. The maximum atomic E-state index is 12.8. The lowest BCUT2D eigenvalue weighted by atomic mass is 9.97. The molecule has 0 fully saturated rings. The first-order valence-electron chi connectivity index (χ1n) is 10.1. The Labute approximate surface area is 178 Å². The molecule has 1 aliphatic rings. The highest BCUT2D eigenvalue weighted by Crippen LogP contribution is 2.33. The number of fused-ring (bicyclic) bond motifs is 3. The fourth-order valence-electron chi connectivity index (χ4n) is 3.91. The molecular weight excluding hydrogens is 402 g/mol. The van der Waals surface area contributed by atoms with Crippen molar-refractivity contribution in [1.29, 1.82) is 0 Å². The molecule has 1 atom stereocenters. The standard InChI is InChI=1S/C22H25N3O4S/c1-2-9-28-14-15(26)11-25(12-16-6-5-10-29-16)13-19-23-21(27)20-17-7-3-4-8-18(17)30-22(20)24-19/h1,5-6,10,15,26H,3-4,7-9,11-14H2,(H,23,24,27). The van der Waals surface area contributed by atoms with Crippen LogP contribution in [0.3, 0.4) is 0 Å². The van der Waals surface area contributed by atoms with Crippen LogP contribution in [-0.2, 0) is 30.7 Å². The number of aromatic nitrogens is 2. The van der Waals surface area contributed by atoms with Gasteiger partial charge in [-0.3, -0.25) is 9.69 Å². The van der Waals surface area contributed by atoms with Gasteiger partial charge in [0.1, 0.15) is 23.0 Å². The summed E-state index contributed by atoms with van der Waals surface area (Å²) in [5.41, 5.74) is 1.10. The van der Waals surface area contributed by atoms with E-state index in [1.807, 2.05) is 17.0 Å². The van der Waals surface area contributed by atoms with Crippen molar-refractivity contribution >= 4 is 21.6 Å². The highest BCUT2D eigenvalue weighted by Gasteiger charge is 2.21. The number of furan rings is 1. The van der Waals surface area contributed by atoms with E-state index in [4.69, 9.17) is 20.6 Å². The number of ether oxygens (including phenoxy) is 1. The molecule has 3 heterocycles. The van der Waals surface area contributed by atoms with Crippen molar-refractivity contribution in [3.05, 3.63) is 50.8 Å². The third-order valence-corrected chi connectivity index (χ3v) is 6.36. The van der Waals surface area contributed by atoms with Crippen LogP contribution < -0.4 is 5.56 Å². The van der Waals surface area contributed by atoms with Crippen LogP contribution in [0.2, 0.25) is 0 Å². The Morgan fingerprint density at radius 2 is 2.27 bits per heavy atom. The Bertz CT molecular complexity index is 1080. The van der Waals surface area contributed by atoms with Crippen molar-refractivity contribution < 1.29 is 14.3 Å². The average molecular weight is 428 g/mol. The molecule has 0 amide bonds. The Balaban J connectivity index is 1.54. The first kappa shape index (κ1) is 20.8. The van der Waals surface area contributed by atoms with Crippen molar-refractivity contribution in [3.8, 4) is 12.3 Å². The van der Waals surface area contributed by atoms with Crippen LogP contribution in [0.1, 0.15) is 34.9 Å². The van der Waals surface area contributed by atoms with E-state index in [9.17, 15) is 9.90 Å². The van der Waals surface area contributed by atoms with Crippen LogP contribution in [0.15, 0.2) is 27.6 Å². The van der Waals surface area contributed by atoms with Gasteiger partial charge < -0.3 is 19.2 Å². The molecule has 0 bridgehead atoms. The molecule has 0 radical (unpaired) electrons. The Hall–Kier alpha value is -2.44. The summed E-state index contributed by atoms with van der Waals surface area (Å²) in [6.07, 6.45) is 10.3. The molecule has 30 heavy (non-hydrogen) atoms. The van der Waals surface area contributed by atoms with E-state index in [2.05, 4.69) is 10.9 Å². The summed E-state index contributed by atoms with van der Waals surface area (Å²) < 4.78 is 10.7. The molecule has 1 unspecified atom stereocenters. The minimum atomic E-state index is -0.724. The molecule has 0 spiro atoms. The van der Waals surface area contributed by atoms with Crippen molar-refractivity contribution in [2.75, 3.05) is 19.8 Å². The summed E-state index contributed by atoms with van der Waals surface area (Å²) in [6, 6.07) is 3.70. The van der Waals surface area contributed by atoms with E-state index in [0.717, 1.165) is 35.2 Å². The second kappa shape index (κ2) is 9.58. The number of hydrogen-bond donors (Lipinski definition) is 2. The molecular formula is C22H25N3O4S. The number of thiophene rings is 1. The van der Waals surface area contributed by atoms with Gasteiger partial charge in [0.2, 0.25) is 0 Å². The number of hydrogen-bond acceptors (Lipinski definition) is 7. The Morgan fingerprint density at radius 3 is 3.07 bits per heavy atom. The number of aliphatic hydroxyl groups excluding tert-OH is 1. The highest BCUT2D eigenvalue weighted by atomic mass is 32.1. The van der Waals surface area contributed by atoms with Crippen molar-refractivity contribution in [1.82, 2.24) is 14.9 Å². The monoisotopic (exact) mass is 427 g/mol. The van der Waals surface area contributed by atoms with E-state index in [-0.39, 0.29) is 18.8 Å². The molecule has 8 heteroatoms. The van der Waals surface area contributed by atoms with Gasteiger partial charge in [-0.25, -0.2) is 4.98 Å². The normalized spacial score (nSPS) is 14.7. The molecule has 7 nitrogen and oxygen atoms in total. The lowest BCUT2D eigenvalue weighted by Crippen LogP contribution is -2.35. The zero-order valence-electron chi connectivity index (χ0n) is 16.7. The molecule has 1 aliphatic carbocycles.